The Balaban J connectivity index is 0.000000902. The van der Waals surface area contributed by atoms with Crippen LogP contribution in [0.3, 0.4) is 0 Å². The number of nitrogens with two attached hydrogens (primary N) is 2. The number of nitrogens with one attached hydrogen (secondary N) is 7. The average molecular weight is 2030 g/mol. The minimum absolute atomic E-state index is 0.00374. The molecule has 0 aliphatic carbocycles. The first-order valence-electron chi connectivity index (χ1n) is 46.7. The zero-order chi connectivity index (χ0) is 106. The number of Topliss-reactive ketones (excluding diaryl/α,β-unsaturated/α-hetero) is 2. The minimum atomic E-state index is -5.08. The van der Waals surface area contributed by atoms with Crippen molar-refractivity contribution in [1.29, 1.82) is 0 Å². The summed E-state index contributed by atoms with van der Waals surface area (Å²) in [6.07, 6.45) is -0.724. The lowest BCUT2D eigenvalue weighted by Crippen LogP contribution is -2.45. The first kappa shape index (κ1) is 127. The second kappa shape index (κ2) is 74.4. The molecule has 0 radical (unpaired) electrons. The summed E-state index contributed by atoms with van der Waals surface area (Å²) in [5, 5.41) is 26.4. The Morgan fingerprint density at radius 3 is 0.951 bits per heavy atom. The number of carboxylic acid groups (broad SMARTS) is 1. The summed E-state index contributed by atoms with van der Waals surface area (Å²) in [5.74, 6) is -8.40. The molecular weight excluding hydrogens is 1880 g/mol. The molecule has 4 atom stereocenters. The molecule has 0 fully saturated rings. The molecule has 12 N–H and O–H groups in total. The molecule has 15 amide bonds. The lowest BCUT2D eigenvalue weighted by Gasteiger charge is -2.26. The summed E-state index contributed by atoms with van der Waals surface area (Å²) in [4.78, 5) is 201. The fourth-order valence-corrected chi connectivity index (χ4v) is 12.1. The third-order valence-corrected chi connectivity index (χ3v) is 19.9. The Morgan fingerprint density at radius 2 is 0.683 bits per heavy atom. The van der Waals surface area contributed by atoms with E-state index >= 15 is 0 Å². The second-order valence-electron chi connectivity index (χ2n) is 33.5. The van der Waals surface area contributed by atoms with Gasteiger partial charge >= 0.3 is 42.5 Å². The van der Waals surface area contributed by atoms with Crippen LogP contribution in [0, 0.1) is 23.7 Å². The van der Waals surface area contributed by atoms with Crippen LogP contribution in [0.4, 0.5) is 48.5 Å². The van der Waals surface area contributed by atoms with Crippen molar-refractivity contribution < 1.29 is 166 Å². The summed E-state index contributed by atoms with van der Waals surface area (Å²) in [5.41, 5.74) is 12.0. The molecule has 0 bridgehead atoms. The van der Waals surface area contributed by atoms with Crippen LogP contribution in [0.5, 0.6) is 0 Å². The second-order valence-corrected chi connectivity index (χ2v) is 33.5. The average Bonchev–Trinajstić information content (AvgIpc) is 1.69. The molecule has 2 heterocycles. The minimum Gasteiger partial charge on any atom is -0.475 e. The molecule has 0 unspecified atom stereocenters. The Bertz CT molecular complexity index is 4130. The number of carboxylic acids is 1. The van der Waals surface area contributed by atoms with Gasteiger partial charge in [0.05, 0.1) is 184 Å². The van der Waals surface area contributed by atoms with Gasteiger partial charge in [0.2, 0.25) is 23.6 Å². The quantitative estimate of drug-likeness (QED) is 0.0251. The van der Waals surface area contributed by atoms with Crippen molar-refractivity contribution in [1.82, 2.24) is 51.1 Å². The number of alkyl halides is 3. The molecule has 49 heteroatoms. The number of ether oxygens (including phenoxy) is 15. The van der Waals surface area contributed by atoms with Gasteiger partial charge in [-0.2, -0.15) is 13.2 Å². The van der Waals surface area contributed by atoms with Crippen LogP contribution in [0.25, 0.3) is 0 Å². The number of likely N-dealkylation sites (N-methyl/N-ethyl adjacent to an activating group) is 4. The van der Waals surface area contributed by atoms with Crippen LogP contribution < -0.4 is 48.7 Å². The van der Waals surface area contributed by atoms with Crippen molar-refractivity contribution in [2.45, 2.75) is 137 Å². The lowest BCUT2D eigenvalue weighted by atomic mass is 9.89. The SMILES string of the molecule is CC(C)[C@H](NC(=O)CCOCCOCCOCCOCCOCCOCCN1C(=O)C=CC1=O)C(=O)C[C@@H](CCCNC(N)=O)C(=O)Nc1ccc(COC(=O)N(C)CCN(C)C(=O)OC(C)(C)C)cc1.CNCCN(C)C(=O)OCc1ccc(NC(=O)[C@H](CCCNC(N)=O)CC(=O)[C@@H](NC(=O)CCOCCOCCOCCOCCOCCOCCN2C(=O)C=CC2=O)C(C)C)cc1.O=C(O)C(F)(F)F. The third-order valence-electron chi connectivity index (χ3n) is 19.9. The molecule has 2 aliphatic rings. The van der Waals surface area contributed by atoms with Gasteiger partial charge < -0.3 is 140 Å². The van der Waals surface area contributed by atoms with Crippen LogP contribution in [-0.2, 0) is 137 Å². The molecule has 4 rings (SSSR count). The third kappa shape index (κ3) is 61.4. The fourth-order valence-electron chi connectivity index (χ4n) is 12.1. The highest BCUT2D eigenvalue weighted by atomic mass is 19.4. The standard InChI is InChI=1S/C48H77N7O16.C43H69N7O14.C2HF3O2/c1-35(2)43(52-40(57)16-21-64-23-25-66-27-29-68-31-32-69-30-28-67-26-24-65-22-20-55-41(58)14-15-42(55)59)39(56)33-37(9-8-17-50-45(49)61)44(60)51-38-12-10-36(11-13-38)34-70-46(62)53(6)18-19-54(7)47(63)71-48(3,4)5;1-32(2)40(36(51)30-34(6-5-14-46-42(44)56)41(55)47-35-9-7-33(8-10-35)31-64-43(57)49(4)16-15-45-3)48-37(52)13-18-58-20-22-60-24-26-62-28-29-63-27-25-61-23-21-59-19-17-50-38(53)11-12-39(50)54;3-2(4,5)1(6)7/h10-15,35,37,43H,8-9,16-34H2,1-7H3,(H,51,60)(H,52,57)(H3,49,50,61);7-12,32,34,40,45H,5-6,13-31H2,1-4H3,(H,47,55)(H,48,52)(H3,44,46,56);(H,6,7)/t37-,43+;34-,40+;/m11./s1. The van der Waals surface area contributed by atoms with Crippen molar-refractivity contribution in [3.63, 3.8) is 0 Å². The number of carbonyl (C=O) groups is 16. The number of hydrogen-bond donors (Lipinski definition) is 10. The number of aliphatic carboxylic acids is 1. The van der Waals surface area contributed by atoms with Gasteiger partial charge in [0.25, 0.3) is 23.6 Å². The summed E-state index contributed by atoms with van der Waals surface area (Å²) in [7, 11) is 6.58. The first-order chi connectivity index (χ1) is 67.5. The van der Waals surface area contributed by atoms with Gasteiger partial charge in [-0.05, 0) is 101 Å². The van der Waals surface area contributed by atoms with Crippen molar-refractivity contribution >= 4 is 107 Å². The number of benzene rings is 2. The van der Waals surface area contributed by atoms with Crippen molar-refractivity contribution in [2.75, 3.05) is 250 Å². The van der Waals surface area contributed by atoms with E-state index in [9.17, 15) is 85.1 Å². The van der Waals surface area contributed by atoms with E-state index < -0.39 is 83.8 Å². The zero-order valence-electron chi connectivity index (χ0n) is 83.2. The van der Waals surface area contributed by atoms with Crippen LogP contribution in [0.2, 0.25) is 0 Å². The normalized spacial score (nSPS) is 13.1. The molecule has 142 heavy (non-hydrogen) atoms. The predicted octanol–water partition coefficient (Wildman–Crippen LogP) is 4.27. The lowest BCUT2D eigenvalue weighted by molar-refractivity contribution is -0.192. The van der Waals surface area contributed by atoms with Gasteiger partial charge in [-0.1, -0.05) is 52.0 Å². The van der Waals surface area contributed by atoms with E-state index in [-0.39, 0.29) is 196 Å². The Labute approximate surface area is 826 Å². The number of halogens is 3. The molecule has 0 saturated carbocycles. The number of urea groups is 2. The van der Waals surface area contributed by atoms with Crippen molar-refractivity contribution in [3.05, 3.63) is 84.0 Å². The number of carbonyl (C=O) groups excluding carboxylic acids is 15. The summed E-state index contributed by atoms with van der Waals surface area (Å²) >= 11 is 0. The number of ketones is 2. The van der Waals surface area contributed by atoms with Gasteiger partial charge in [0.1, 0.15) is 18.8 Å². The predicted molar refractivity (Wildman–Crippen MR) is 506 cm³/mol. The van der Waals surface area contributed by atoms with Crippen LogP contribution in [0.1, 0.15) is 111 Å². The molecule has 2 aromatic carbocycles. The summed E-state index contributed by atoms with van der Waals surface area (Å²) < 4.78 is 113. The van der Waals surface area contributed by atoms with Crippen molar-refractivity contribution in [3.8, 4) is 0 Å². The molecule has 0 spiro atoms. The highest BCUT2D eigenvalue weighted by molar-refractivity contribution is 6.13. The number of rotatable bonds is 74. The zero-order valence-corrected chi connectivity index (χ0v) is 83.2. The van der Waals surface area contributed by atoms with E-state index in [0.29, 0.717) is 155 Å². The first-order valence-corrected chi connectivity index (χ1v) is 46.7. The highest BCUT2D eigenvalue weighted by Crippen LogP contribution is 2.24. The number of nitrogens with zero attached hydrogens (tertiary/aromatic N) is 5. The Kier molecular flexibility index (Phi) is 66.3. The molecule has 2 aromatic rings. The Morgan fingerprint density at radius 1 is 0.408 bits per heavy atom. The molecule has 0 saturated heterocycles. The maximum atomic E-state index is 13.7. The summed E-state index contributed by atoms with van der Waals surface area (Å²) in [6, 6.07) is 10.4. The van der Waals surface area contributed by atoms with E-state index in [4.69, 9.17) is 92.4 Å². The van der Waals surface area contributed by atoms with Gasteiger partial charge in [0.15, 0.2) is 11.6 Å². The van der Waals surface area contributed by atoms with Gasteiger partial charge in [-0.3, -0.25) is 57.7 Å². The maximum absolute atomic E-state index is 13.7. The smallest absolute Gasteiger partial charge is 0.475 e. The van der Waals surface area contributed by atoms with Crippen LogP contribution >= 0.6 is 0 Å². The topological polar surface area (TPSA) is 584 Å². The fraction of sp³-hybridized carbons (Fsp3) is 0.656. The summed E-state index contributed by atoms with van der Waals surface area (Å²) in [6.45, 7) is 22.6. The highest BCUT2D eigenvalue weighted by Gasteiger charge is 2.39. The largest absolute Gasteiger partial charge is 0.490 e. The van der Waals surface area contributed by atoms with E-state index in [1.54, 1.807) is 111 Å². The van der Waals surface area contributed by atoms with E-state index in [2.05, 4.69) is 37.2 Å². The number of imide groups is 2. The number of amides is 15. The van der Waals surface area contributed by atoms with E-state index in [0.717, 1.165) is 15.4 Å². The molecular formula is C93H147F3N14O32. The molecule has 802 valence electrons. The monoisotopic (exact) mass is 2030 g/mol. The van der Waals surface area contributed by atoms with Gasteiger partial charge in [-0.25, -0.2) is 28.8 Å². The van der Waals surface area contributed by atoms with Gasteiger partial charge in [0, 0.05) is 134 Å². The van der Waals surface area contributed by atoms with Crippen LogP contribution in [0.15, 0.2) is 72.8 Å². The van der Waals surface area contributed by atoms with Crippen molar-refractivity contribution in [2.24, 2.45) is 35.1 Å². The van der Waals surface area contributed by atoms with E-state index in [1.807, 2.05) is 13.8 Å². The number of hydrogen-bond acceptors (Lipinski definition) is 32. The number of anilines is 2. The molecule has 2 aliphatic heterocycles. The molecule has 46 nitrogen and oxygen atoms in total. The van der Waals surface area contributed by atoms with Gasteiger partial charge in [-0.15, -0.1) is 0 Å². The van der Waals surface area contributed by atoms with Crippen LogP contribution in [-0.4, -0.2) is 388 Å². The molecule has 0 aromatic heterocycles. The number of primary amides is 2. The Hall–Kier alpha value is -11.5. The maximum Gasteiger partial charge on any atom is 0.490 e. The van der Waals surface area contributed by atoms with E-state index in [1.165, 1.54) is 39.0 Å².